The van der Waals surface area contributed by atoms with E-state index in [0.29, 0.717) is 23.8 Å². The van der Waals surface area contributed by atoms with Crippen LogP contribution in [0.2, 0.25) is 0 Å². The number of amidine groups is 1. The summed E-state index contributed by atoms with van der Waals surface area (Å²) in [5.74, 6) is 0.732. The Kier molecular flexibility index (Phi) is 3.03. The fourth-order valence-electron chi connectivity index (χ4n) is 3.16. The van der Waals surface area contributed by atoms with Gasteiger partial charge >= 0.3 is 0 Å². The summed E-state index contributed by atoms with van der Waals surface area (Å²) in [6, 6.07) is 0.421. The predicted molar refractivity (Wildman–Crippen MR) is 67.8 cm³/mol. The normalized spacial score (nSPS) is 40.1. The van der Waals surface area contributed by atoms with E-state index in [1.807, 2.05) is 18.7 Å². The number of fused-ring (bicyclic) bond motifs is 3. The number of hydrogen-bond acceptors (Lipinski definition) is 4. The smallest absolute Gasteiger partial charge is 0.292 e. The summed E-state index contributed by atoms with van der Waals surface area (Å²) in [4.78, 5) is 16.7. The Morgan fingerprint density at radius 3 is 3.12 bits per heavy atom. The Morgan fingerprint density at radius 1 is 1.47 bits per heavy atom. The Morgan fingerprint density at radius 2 is 2.29 bits per heavy atom. The van der Waals surface area contributed by atoms with Crippen LogP contribution in [0.25, 0.3) is 0 Å². The van der Waals surface area contributed by atoms with Crippen LogP contribution in [0.15, 0.2) is 4.99 Å². The third kappa shape index (κ3) is 1.94. The van der Waals surface area contributed by atoms with Crippen molar-refractivity contribution in [2.75, 3.05) is 6.61 Å². The molecule has 2 aliphatic heterocycles. The Balaban J connectivity index is 1.82. The van der Waals surface area contributed by atoms with E-state index < -0.39 is 0 Å². The van der Waals surface area contributed by atoms with Gasteiger partial charge in [-0.05, 0) is 25.7 Å². The first-order valence-electron chi connectivity index (χ1n) is 6.46. The first kappa shape index (κ1) is 11.4. The van der Waals surface area contributed by atoms with Gasteiger partial charge in [0.05, 0.1) is 12.5 Å². The molecule has 1 aliphatic carbocycles. The van der Waals surface area contributed by atoms with Gasteiger partial charge in [-0.1, -0.05) is 12.8 Å². The average molecular weight is 254 g/mol. The summed E-state index contributed by atoms with van der Waals surface area (Å²) < 4.78 is 5.32. The molecule has 1 saturated heterocycles. The van der Waals surface area contributed by atoms with E-state index in [0.717, 1.165) is 0 Å². The van der Waals surface area contributed by atoms with E-state index in [4.69, 9.17) is 4.74 Å². The molecule has 2 fully saturated rings. The van der Waals surface area contributed by atoms with Crippen molar-refractivity contribution in [2.24, 2.45) is 16.8 Å². The number of aliphatic imine (C=N–C) groups is 1. The summed E-state index contributed by atoms with van der Waals surface area (Å²) in [6.07, 6.45) is 5.00. The molecule has 4 nitrogen and oxygen atoms in total. The van der Waals surface area contributed by atoms with Gasteiger partial charge in [0, 0.05) is 5.25 Å². The molecular weight excluding hydrogens is 236 g/mol. The highest BCUT2D eigenvalue weighted by molar-refractivity contribution is 8.00. The van der Waals surface area contributed by atoms with E-state index in [1.54, 1.807) is 0 Å². The molecule has 4 atom stereocenters. The Labute approximate surface area is 106 Å². The highest BCUT2D eigenvalue weighted by atomic mass is 32.2. The van der Waals surface area contributed by atoms with Crippen molar-refractivity contribution < 1.29 is 9.53 Å². The summed E-state index contributed by atoms with van der Waals surface area (Å²) in [6.45, 7) is 2.45. The number of nitrogens with zero attached hydrogens (tertiary/aromatic N) is 1. The van der Waals surface area contributed by atoms with Gasteiger partial charge in [0.2, 0.25) is 5.91 Å². The molecule has 17 heavy (non-hydrogen) atoms. The van der Waals surface area contributed by atoms with Crippen LogP contribution in [0.4, 0.5) is 0 Å². The average Bonchev–Trinajstić information content (AvgIpc) is 2.67. The van der Waals surface area contributed by atoms with Crippen molar-refractivity contribution >= 4 is 23.7 Å². The molecule has 5 heteroatoms. The maximum Gasteiger partial charge on any atom is 0.292 e. The lowest BCUT2D eigenvalue weighted by Gasteiger charge is -2.29. The summed E-state index contributed by atoms with van der Waals surface area (Å²) in [5.41, 5.74) is 0. The number of amides is 1. The lowest BCUT2D eigenvalue weighted by molar-refractivity contribution is -0.126. The first-order valence-corrected chi connectivity index (χ1v) is 7.41. The maximum atomic E-state index is 12.1. The van der Waals surface area contributed by atoms with Gasteiger partial charge in [-0.3, -0.25) is 10.1 Å². The molecule has 1 amide bonds. The molecule has 0 bridgehead atoms. The molecular formula is C12H18N2O2S. The van der Waals surface area contributed by atoms with Gasteiger partial charge in [0.15, 0.2) is 0 Å². The predicted octanol–water partition coefficient (Wildman–Crippen LogP) is 1.76. The second-order valence-electron chi connectivity index (χ2n) is 4.90. The lowest BCUT2D eigenvalue weighted by atomic mass is 9.79. The largest absolute Gasteiger partial charge is 0.465 e. The van der Waals surface area contributed by atoms with Crippen molar-refractivity contribution in [1.29, 1.82) is 0 Å². The minimum absolute atomic E-state index is 0.0782. The van der Waals surface area contributed by atoms with Gasteiger partial charge in [-0.2, -0.15) is 0 Å². The van der Waals surface area contributed by atoms with Crippen LogP contribution >= 0.6 is 11.8 Å². The zero-order chi connectivity index (χ0) is 11.8. The molecule has 94 valence electrons. The van der Waals surface area contributed by atoms with Crippen molar-refractivity contribution in [3.63, 3.8) is 0 Å². The number of carbonyl (C=O) groups excluding carboxylic acids is 1. The second kappa shape index (κ2) is 4.52. The molecule has 1 saturated carbocycles. The number of ether oxygens (including phenoxy) is 1. The molecule has 3 aliphatic rings. The molecule has 0 aromatic carbocycles. The lowest BCUT2D eigenvalue weighted by Crippen LogP contribution is -2.47. The molecule has 0 spiro atoms. The van der Waals surface area contributed by atoms with Gasteiger partial charge in [0.25, 0.3) is 6.02 Å². The number of carbonyl (C=O) groups is 1. The fraction of sp³-hybridized carbons (Fsp3) is 0.833. The zero-order valence-corrected chi connectivity index (χ0v) is 10.8. The number of nitrogens with one attached hydrogen (secondary N) is 1. The highest BCUT2D eigenvalue weighted by Gasteiger charge is 2.50. The van der Waals surface area contributed by atoms with E-state index in [9.17, 15) is 4.79 Å². The van der Waals surface area contributed by atoms with E-state index in [2.05, 4.69) is 10.3 Å². The highest BCUT2D eigenvalue weighted by Crippen LogP contribution is 2.51. The Hall–Kier alpha value is -0.710. The van der Waals surface area contributed by atoms with Gasteiger partial charge in [-0.15, -0.1) is 11.8 Å². The molecule has 0 aromatic rings. The van der Waals surface area contributed by atoms with Crippen molar-refractivity contribution in [2.45, 2.75) is 43.2 Å². The molecule has 0 unspecified atom stereocenters. The number of hydrogen-bond donors (Lipinski definition) is 1. The topological polar surface area (TPSA) is 50.7 Å². The second-order valence-corrected chi connectivity index (χ2v) is 6.26. The van der Waals surface area contributed by atoms with Crippen LogP contribution in [0.1, 0.15) is 32.6 Å². The Bertz CT molecular complexity index is 358. The van der Waals surface area contributed by atoms with Gasteiger partial charge in [-0.25, -0.2) is 4.99 Å². The molecule has 3 rings (SSSR count). The van der Waals surface area contributed by atoms with Crippen LogP contribution in [-0.2, 0) is 9.53 Å². The van der Waals surface area contributed by atoms with Crippen LogP contribution in [-0.4, -0.2) is 29.2 Å². The van der Waals surface area contributed by atoms with Crippen LogP contribution in [0.5, 0.6) is 0 Å². The van der Waals surface area contributed by atoms with Crippen molar-refractivity contribution in [3.05, 3.63) is 0 Å². The van der Waals surface area contributed by atoms with Gasteiger partial charge in [0.1, 0.15) is 5.37 Å². The van der Waals surface area contributed by atoms with Crippen molar-refractivity contribution in [1.82, 2.24) is 5.32 Å². The van der Waals surface area contributed by atoms with Crippen LogP contribution in [0.3, 0.4) is 0 Å². The summed E-state index contributed by atoms with van der Waals surface area (Å²) in [7, 11) is 0. The number of thioether (sulfide) groups is 1. The number of rotatable bonds is 1. The van der Waals surface area contributed by atoms with E-state index in [-0.39, 0.29) is 17.2 Å². The maximum absolute atomic E-state index is 12.1. The van der Waals surface area contributed by atoms with E-state index >= 15 is 0 Å². The third-order valence-corrected chi connectivity index (χ3v) is 5.51. The minimum atomic E-state index is 0.0782. The molecule has 2 heterocycles. The zero-order valence-electron chi connectivity index (χ0n) is 10.0. The summed E-state index contributed by atoms with van der Waals surface area (Å²) in [5, 5.41) is 3.53. The fourth-order valence-corrected chi connectivity index (χ4v) is 4.98. The monoisotopic (exact) mass is 254 g/mol. The SMILES string of the molecule is CCOC1=N[C@@H]2S[C@H]3CCCC[C@H]3[C@@H]2C(=O)N1. The quantitative estimate of drug-likeness (QED) is 0.775. The molecule has 0 aromatic heterocycles. The van der Waals surface area contributed by atoms with Crippen molar-refractivity contribution in [3.8, 4) is 0 Å². The molecule has 0 radical (unpaired) electrons. The standard InChI is InChI=1S/C12H18N2O2S/c1-2-16-12-13-10(15)9-7-5-3-4-6-8(7)17-11(9)14-12/h7-9,11H,2-6H2,1H3,(H,13,14,15)/t7-,8+,9-,11-/m1/s1. The molecule has 1 N–H and O–H groups in total. The minimum Gasteiger partial charge on any atom is -0.465 e. The summed E-state index contributed by atoms with van der Waals surface area (Å²) >= 11 is 1.88. The van der Waals surface area contributed by atoms with Gasteiger partial charge < -0.3 is 4.74 Å². The van der Waals surface area contributed by atoms with E-state index in [1.165, 1.54) is 25.7 Å². The van der Waals surface area contributed by atoms with Crippen LogP contribution in [0, 0.1) is 11.8 Å². The first-order chi connectivity index (χ1) is 8.29. The van der Waals surface area contributed by atoms with Crippen LogP contribution < -0.4 is 5.32 Å². The third-order valence-electron chi connectivity index (χ3n) is 3.89.